The Hall–Kier alpha value is -2.34. The molecule has 2 heterocycles. The van der Waals surface area contributed by atoms with Crippen LogP contribution in [0.15, 0.2) is 34.9 Å². The number of methoxy groups -OCH3 is 1. The Balaban J connectivity index is 1.59. The summed E-state index contributed by atoms with van der Waals surface area (Å²) in [5.74, 6) is 1.30. The monoisotopic (exact) mass is 357 g/mol. The van der Waals surface area contributed by atoms with Gasteiger partial charge in [-0.25, -0.2) is 0 Å². The van der Waals surface area contributed by atoms with Crippen molar-refractivity contribution >= 4 is 5.91 Å². The normalized spacial score (nSPS) is 17.8. The van der Waals surface area contributed by atoms with Crippen molar-refractivity contribution in [3.05, 3.63) is 47.3 Å². The summed E-state index contributed by atoms with van der Waals surface area (Å²) >= 11 is 0. The number of carbonyl (C=O) groups is 1. The van der Waals surface area contributed by atoms with Crippen molar-refractivity contribution in [2.24, 2.45) is 0 Å². The predicted molar refractivity (Wildman–Crippen MR) is 99.4 cm³/mol. The maximum Gasteiger partial charge on any atom is 0.289 e. The fourth-order valence-corrected chi connectivity index (χ4v) is 3.34. The number of hydrogen-bond donors (Lipinski definition) is 1. The van der Waals surface area contributed by atoms with Gasteiger partial charge in [-0.15, -0.1) is 0 Å². The number of benzene rings is 1. The van der Waals surface area contributed by atoms with Gasteiger partial charge in [0.25, 0.3) is 5.91 Å². The van der Waals surface area contributed by atoms with E-state index in [1.54, 1.807) is 13.2 Å². The number of aromatic nitrogens is 1. The van der Waals surface area contributed by atoms with E-state index in [9.17, 15) is 4.79 Å². The minimum Gasteiger partial charge on any atom is -0.497 e. The van der Waals surface area contributed by atoms with Crippen LogP contribution in [0.1, 0.15) is 53.9 Å². The number of nitrogens with one attached hydrogen (secondary N) is 1. The lowest BCUT2D eigenvalue weighted by Gasteiger charge is -2.31. The molecular formula is C20H27N3O3. The molecule has 3 rings (SSSR count). The van der Waals surface area contributed by atoms with Crippen molar-refractivity contribution in [2.75, 3.05) is 26.7 Å². The molecule has 0 spiro atoms. The highest BCUT2D eigenvalue weighted by atomic mass is 16.5. The second-order valence-corrected chi connectivity index (χ2v) is 6.79. The van der Waals surface area contributed by atoms with Gasteiger partial charge < -0.3 is 14.6 Å². The van der Waals surface area contributed by atoms with Crippen LogP contribution >= 0.6 is 0 Å². The third-order valence-corrected chi connectivity index (χ3v) is 4.78. The molecule has 0 radical (unpaired) electrons. The topological polar surface area (TPSA) is 67.6 Å². The highest BCUT2D eigenvalue weighted by molar-refractivity contribution is 5.91. The quantitative estimate of drug-likeness (QED) is 0.824. The Morgan fingerprint density at radius 2 is 2.19 bits per heavy atom. The minimum absolute atomic E-state index is 0.184. The van der Waals surface area contributed by atoms with E-state index in [0.29, 0.717) is 18.2 Å². The van der Waals surface area contributed by atoms with Crippen LogP contribution in [0.3, 0.4) is 0 Å². The largest absolute Gasteiger partial charge is 0.497 e. The second-order valence-electron chi connectivity index (χ2n) is 6.79. The number of piperidine rings is 1. The van der Waals surface area contributed by atoms with Gasteiger partial charge in [0.1, 0.15) is 5.75 Å². The first-order valence-corrected chi connectivity index (χ1v) is 9.29. The number of likely N-dealkylation sites (tertiary alicyclic amines) is 1. The Labute approximate surface area is 154 Å². The standard InChI is InChI=1S/C20H27N3O3/c1-3-10-21-20(24)19-12-18(22-26-19)16-5-4-11-23(14-16)13-15-6-8-17(25-2)9-7-15/h6-9,12,16H,3-5,10-11,13-14H2,1-2H3,(H,21,24). The van der Waals surface area contributed by atoms with Gasteiger partial charge in [0, 0.05) is 31.6 Å². The molecule has 0 saturated carbocycles. The van der Waals surface area contributed by atoms with E-state index in [-0.39, 0.29) is 5.91 Å². The van der Waals surface area contributed by atoms with E-state index in [0.717, 1.165) is 50.3 Å². The van der Waals surface area contributed by atoms with Gasteiger partial charge in [-0.1, -0.05) is 24.2 Å². The molecular weight excluding hydrogens is 330 g/mol. The van der Waals surface area contributed by atoms with Gasteiger partial charge >= 0.3 is 0 Å². The highest BCUT2D eigenvalue weighted by Gasteiger charge is 2.25. The van der Waals surface area contributed by atoms with Crippen LogP contribution in [-0.4, -0.2) is 42.7 Å². The maximum absolute atomic E-state index is 12.0. The predicted octanol–water partition coefficient (Wildman–Crippen LogP) is 3.20. The van der Waals surface area contributed by atoms with Crippen LogP contribution in [0.4, 0.5) is 0 Å². The first-order valence-electron chi connectivity index (χ1n) is 9.29. The number of rotatable bonds is 7. The number of nitrogens with zero attached hydrogens (tertiary/aromatic N) is 2. The number of hydrogen-bond acceptors (Lipinski definition) is 5. The van der Waals surface area contributed by atoms with E-state index in [2.05, 4.69) is 27.5 Å². The summed E-state index contributed by atoms with van der Waals surface area (Å²) in [7, 11) is 1.68. The Morgan fingerprint density at radius 1 is 1.38 bits per heavy atom. The van der Waals surface area contributed by atoms with Crippen LogP contribution in [0.5, 0.6) is 5.75 Å². The number of carbonyl (C=O) groups excluding carboxylic acids is 1. The van der Waals surface area contributed by atoms with Gasteiger partial charge in [0.15, 0.2) is 0 Å². The minimum atomic E-state index is -0.184. The molecule has 1 N–H and O–H groups in total. The van der Waals surface area contributed by atoms with Crippen LogP contribution < -0.4 is 10.1 Å². The summed E-state index contributed by atoms with van der Waals surface area (Å²) in [6.45, 7) is 5.57. The highest BCUT2D eigenvalue weighted by Crippen LogP contribution is 2.27. The van der Waals surface area contributed by atoms with Gasteiger partial charge in [-0.05, 0) is 43.5 Å². The zero-order chi connectivity index (χ0) is 18.4. The van der Waals surface area contributed by atoms with E-state index in [1.807, 2.05) is 19.1 Å². The first-order chi connectivity index (χ1) is 12.7. The third-order valence-electron chi connectivity index (χ3n) is 4.78. The Kier molecular flexibility index (Phi) is 6.28. The molecule has 0 aliphatic carbocycles. The molecule has 1 saturated heterocycles. The number of ether oxygens (including phenoxy) is 1. The van der Waals surface area contributed by atoms with Crippen molar-refractivity contribution in [3.63, 3.8) is 0 Å². The zero-order valence-corrected chi connectivity index (χ0v) is 15.5. The van der Waals surface area contributed by atoms with Gasteiger partial charge in [-0.3, -0.25) is 9.69 Å². The lowest BCUT2D eigenvalue weighted by Crippen LogP contribution is -2.34. The fourth-order valence-electron chi connectivity index (χ4n) is 3.34. The van der Waals surface area contributed by atoms with Gasteiger partial charge in [-0.2, -0.15) is 0 Å². The van der Waals surface area contributed by atoms with E-state index < -0.39 is 0 Å². The maximum atomic E-state index is 12.0. The molecule has 1 aliphatic heterocycles. The Bertz CT molecular complexity index is 711. The second kappa shape index (κ2) is 8.85. The molecule has 140 valence electrons. The fraction of sp³-hybridized carbons (Fsp3) is 0.500. The third kappa shape index (κ3) is 4.64. The molecule has 1 aromatic heterocycles. The van der Waals surface area contributed by atoms with Gasteiger partial charge in [0.05, 0.1) is 12.8 Å². The summed E-state index contributed by atoms with van der Waals surface area (Å²) in [6.07, 6.45) is 3.09. The molecule has 1 aliphatic rings. The van der Waals surface area contributed by atoms with E-state index in [1.165, 1.54) is 5.56 Å². The molecule has 1 amide bonds. The summed E-state index contributed by atoms with van der Waals surface area (Å²) < 4.78 is 10.5. The number of amides is 1. The van der Waals surface area contributed by atoms with Crippen molar-refractivity contribution in [3.8, 4) is 5.75 Å². The molecule has 2 aromatic rings. The van der Waals surface area contributed by atoms with Crippen LogP contribution in [0.25, 0.3) is 0 Å². The summed E-state index contributed by atoms with van der Waals surface area (Å²) in [4.78, 5) is 14.4. The lowest BCUT2D eigenvalue weighted by molar-refractivity contribution is 0.0916. The molecule has 6 nitrogen and oxygen atoms in total. The molecule has 1 atom stereocenters. The van der Waals surface area contributed by atoms with Crippen LogP contribution in [0.2, 0.25) is 0 Å². The first kappa shape index (κ1) is 18.5. The van der Waals surface area contributed by atoms with Crippen molar-refractivity contribution < 1.29 is 14.1 Å². The molecule has 1 aromatic carbocycles. The van der Waals surface area contributed by atoms with Crippen molar-refractivity contribution in [2.45, 2.75) is 38.6 Å². The summed E-state index contributed by atoms with van der Waals surface area (Å²) in [6, 6.07) is 10.0. The van der Waals surface area contributed by atoms with Crippen LogP contribution in [0, 0.1) is 0 Å². The molecule has 6 heteroatoms. The molecule has 0 bridgehead atoms. The van der Waals surface area contributed by atoms with Crippen molar-refractivity contribution in [1.82, 2.24) is 15.4 Å². The lowest BCUT2D eigenvalue weighted by atomic mass is 9.94. The molecule has 26 heavy (non-hydrogen) atoms. The molecule has 1 fully saturated rings. The van der Waals surface area contributed by atoms with Crippen molar-refractivity contribution in [1.29, 1.82) is 0 Å². The van der Waals surface area contributed by atoms with E-state index >= 15 is 0 Å². The average Bonchev–Trinajstić information content (AvgIpc) is 3.17. The van der Waals surface area contributed by atoms with E-state index in [4.69, 9.17) is 9.26 Å². The smallest absolute Gasteiger partial charge is 0.289 e. The van der Waals surface area contributed by atoms with Gasteiger partial charge in [0.2, 0.25) is 5.76 Å². The average molecular weight is 357 g/mol. The summed E-state index contributed by atoms with van der Waals surface area (Å²) in [5, 5.41) is 6.98. The van der Waals surface area contributed by atoms with Crippen LogP contribution in [-0.2, 0) is 6.54 Å². The Morgan fingerprint density at radius 3 is 2.92 bits per heavy atom. The zero-order valence-electron chi connectivity index (χ0n) is 15.5. The molecule has 1 unspecified atom stereocenters. The summed E-state index contributed by atoms with van der Waals surface area (Å²) in [5.41, 5.74) is 2.15. The SMILES string of the molecule is CCCNC(=O)c1cc(C2CCCN(Cc3ccc(OC)cc3)C2)no1.